The number of fused-ring (bicyclic) bond motifs is 1. The van der Waals surface area contributed by atoms with Gasteiger partial charge in [0.15, 0.2) is 10.3 Å². The maximum Gasteiger partial charge on any atom is 0.269 e. The molecule has 1 aromatic carbocycles. The highest BCUT2D eigenvalue weighted by molar-refractivity contribution is 7.22. The Labute approximate surface area is 165 Å². The number of hydrogen-bond acceptors (Lipinski definition) is 6. The van der Waals surface area contributed by atoms with Gasteiger partial charge < -0.3 is 0 Å². The number of para-hydroxylation sites is 1. The van der Waals surface area contributed by atoms with Crippen LogP contribution < -0.4 is 10.2 Å². The van der Waals surface area contributed by atoms with Crippen LogP contribution in [0.2, 0.25) is 0 Å². The molecule has 2 amide bonds. The molecule has 0 unspecified atom stereocenters. The standard InChI is InChI=1S/C19H20N4O2S2/c1-11-16(17(25)22-18-21-14-9-5-6-10-15(14)26-18)27-19(20-11)23(12(2)24)13-7-3-4-8-13/h5-6,9-10,13H,3-4,7-8H2,1-2H3,(H,21,22,25). The topological polar surface area (TPSA) is 75.2 Å². The van der Waals surface area contributed by atoms with Crippen molar-refractivity contribution in [3.05, 3.63) is 34.8 Å². The zero-order chi connectivity index (χ0) is 19.0. The quantitative estimate of drug-likeness (QED) is 0.694. The predicted molar refractivity (Wildman–Crippen MR) is 110 cm³/mol. The molecule has 1 N–H and O–H groups in total. The van der Waals surface area contributed by atoms with Gasteiger partial charge >= 0.3 is 0 Å². The second kappa shape index (κ2) is 7.36. The highest BCUT2D eigenvalue weighted by Crippen LogP contribution is 2.33. The molecule has 1 fully saturated rings. The fourth-order valence-electron chi connectivity index (χ4n) is 3.49. The summed E-state index contributed by atoms with van der Waals surface area (Å²) in [7, 11) is 0. The van der Waals surface area contributed by atoms with Gasteiger partial charge in [0.25, 0.3) is 5.91 Å². The molecular formula is C19H20N4O2S2. The molecule has 4 rings (SSSR count). The van der Waals surface area contributed by atoms with Crippen molar-refractivity contribution in [2.75, 3.05) is 10.2 Å². The van der Waals surface area contributed by atoms with Crippen LogP contribution in [-0.2, 0) is 4.79 Å². The molecule has 0 aliphatic heterocycles. The van der Waals surface area contributed by atoms with E-state index in [0.717, 1.165) is 35.9 Å². The van der Waals surface area contributed by atoms with Crippen LogP contribution in [0.4, 0.5) is 10.3 Å². The van der Waals surface area contributed by atoms with E-state index in [1.807, 2.05) is 24.3 Å². The van der Waals surface area contributed by atoms with Gasteiger partial charge in [0.1, 0.15) is 4.88 Å². The Morgan fingerprint density at radius 1 is 1.15 bits per heavy atom. The monoisotopic (exact) mass is 400 g/mol. The van der Waals surface area contributed by atoms with Crippen molar-refractivity contribution in [2.24, 2.45) is 0 Å². The summed E-state index contributed by atoms with van der Waals surface area (Å²) in [6.07, 6.45) is 4.24. The molecule has 140 valence electrons. The number of benzene rings is 1. The summed E-state index contributed by atoms with van der Waals surface area (Å²) in [5.74, 6) is -0.251. The molecule has 8 heteroatoms. The van der Waals surface area contributed by atoms with Crippen LogP contribution in [0.3, 0.4) is 0 Å². The third-order valence-corrected chi connectivity index (χ3v) is 6.85. The number of carbonyl (C=O) groups excluding carboxylic acids is 2. The van der Waals surface area contributed by atoms with Gasteiger partial charge in [-0.15, -0.1) is 0 Å². The number of nitrogens with one attached hydrogen (secondary N) is 1. The van der Waals surface area contributed by atoms with Crippen LogP contribution in [0.25, 0.3) is 10.2 Å². The SMILES string of the molecule is CC(=O)N(c1nc(C)c(C(=O)Nc2nc3ccccc3s2)s1)C1CCCC1. The lowest BCUT2D eigenvalue weighted by molar-refractivity contribution is -0.117. The second-order valence-corrected chi connectivity index (χ2v) is 8.69. The van der Waals surface area contributed by atoms with Crippen molar-refractivity contribution < 1.29 is 9.59 Å². The van der Waals surface area contributed by atoms with Gasteiger partial charge in [0, 0.05) is 13.0 Å². The van der Waals surface area contributed by atoms with E-state index >= 15 is 0 Å². The van der Waals surface area contributed by atoms with Gasteiger partial charge in [-0.3, -0.25) is 19.8 Å². The largest absolute Gasteiger partial charge is 0.297 e. The van der Waals surface area contributed by atoms with Gasteiger partial charge in [-0.25, -0.2) is 9.97 Å². The number of carbonyl (C=O) groups is 2. The summed E-state index contributed by atoms with van der Waals surface area (Å²) in [6.45, 7) is 3.37. The van der Waals surface area contributed by atoms with Crippen molar-refractivity contribution >= 4 is 55.0 Å². The number of hydrogen-bond donors (Lipinski definition) is 1. The minimum absolute atomic E-state index is 0.0196. The average molecular weight is 401 g/mol. The van der Waals surface area contributed by atoms with Crippen molar-refractivity contribution in [2.45, 2.75) is 45.6 Å². The molecule has 3 aromatic rings. The number of nitrogens with zero attached hydrogens (tertiary/aromatic N) is 3. The highest BCUT2D eigenvalue weighted by atomic mass is 32.1. The van der Waals surface area contributed by atoms with E-state index < -0.39 is 0 Å². The van der Waals surface area contributed by atoms with Crippen LogP contribution in [-0.4, -0.2) is 27.8 Å². The molecule has 1 aliphatic rings. The van der Waals surface area contributed by atoms with Crippen molar-refractivity contribution in [1.82, 2.24) is 9.97 Å². The third-order valence-electron chi connectivity index (χ3n) is 4.74. The van der Waals surface area contributed by atoms with Crippen LogP contribution >= 0.6 is 22.7 Å². The number of aryl methyl sites for hydroxylation is 1. The Kier molecular flexibility index (Phi) is 4.92. The average Bonchev–Trinajstić information content (AvgIpc) is 3.34. The molecule has 1 aliphatic carbocycles. The minimum Gasteiger partial charge on any atom is -0.297 e. The number of aromatic nitrogens is 2. The van der Waals surface area contributed by atoms with Gasteiger partial charge in [0.05, 0.1) is 15.9 Å². The normalized spacial score (nSPS) is 14.6. The zero-order valence-electron chi connectivity index (χ0n) is 15.2. The molecule has 27 heavy (non-hydrogen) atoms. The Morgan fingerprint density at radius 2 is 1.89 bits per heavy atom. The number of thiazole rings is 2. The first-order valence-corrected chi connectivity index (χ1v) is 10.6. The van der Waals surface area contributed by atoms with Crippen LogP contribution in [0.5, 0.6) is 0 Å². The van der Waals surface area contributed by atoms with Gasteiger partial charge in [-0.2, -0.15) is 0 Å². The molecule has 1 saturated carbocycles. The summed E-state index contributed by atoms with van der Waals surface area (Å²) in [6, 6.07) is 7.96. The highest BCUT2D eigenvalue weighted by Gasteiger charge is 2.29. The van der Waals surface area contributed by atoms with Crippen LogP contribution in [0.1, 0.15) is 48.0 Å². The molecule has 0 bridgehead atoms. The summed E-state index contributed by atoms with van der Waals surface area (Å²) in [5, 5.41) is 4.05. The Hall–Kier alpha value is -2.32. The van der Waals surface area contributed by atoms with Crippen molar-refractivity contribution in [1.29, 1.82) is 0 Å². The predicted octanol–water partition coefficient (Wildman–Crippen LogP) is 4.61. The summed E-state index contributed by atoms with van der Waals surface area (Å²) in [4.78, 5) is 36.2. The molecule has 0 saturated heterocycles. The zero-order valence-corrected chi connectivity index (χ0v) is 16.8. The van der Waals surface area contributed by atoms with Crippen LogP contribution in [0, 0.1) is 6.92 Å². The molecule has 0 atom stereocenters. The lowest BCUT2D eigenvalue weighted by Gasteiger charge is -2.24. The molecule has 0 spiro atoms. The van der Waals surface area contributed by atoms with E-state index in [9.17, 15) is 9.59 Å². The first-order chi connectivity index (χ1) is 13.0. The van der Waals surface area contributed by atoms with E-state index in [2.05, 4.69) is 15.3 Å². The lowest BCUT2D eigenvalue weighted by Crippen LogP contribution is -2.37. The summed E-state index contributed by atoms with van der Waals surface area (Å²) >= 11 is 2.72. The summed E-state index contributed by atoms with van der Waals surface area (Å²) in [5.41, 5.74) is 1.50. The maximum absolute atomic E-state index is 12.8. The summed E-state index contributed by atoms with van der Waals surface area (Å²) < 4.78 is 1.03. The number of amides is 2. The number of rotatable bonds is 4. The van der Waals surface area contributed by atoms with Crippen molar-refractivity contribution in [3.8, 4) is 0 Å². The Balaban J connectivity index is 1.58. The fourth-order valence-corrected chi connectivity index (χ4v) is 5.42. The second-order valence-electron chi connectivity index (χ2n) is 6.68. The maximum atomic E-state index is 12.8. The van der Waals surface area contributed by atoms with Crippen molar-refractivity contribution in [3.63, 3.8) is 0 Å². The molecule has 2 heterocycles. The Morgan fingerprint density at radius 3 is 2.59 bits per heavy atom. The fraction of sp³-hybridized carbons (Fsp3) is 0.368. The van der Waals surface area contributed by atoms with E-state index in [1.54, 1.807) is 18.7 Å². The lowest BCUT2D eigenvalue weighted by atomic mass is 10.2. The number of anilines is 2. The van der Waals surface area contributed by atoms with E-state index in [4.69, 9.17) is 0 Å². The van der Waals surface area contributed by atoms with Gasteiger partial charge in [-0.1, -0.05) is 47.6 Å². The molecule has 0 radical (unpaired) electrons. The molecule has 6 nitrogen and oxygen atoms in total. The molecule has 2 aromatic heterocycles. The first-order valence-electron chi connectivity index (χ1n) is 8.97. The van der Waals surface area contributed by atoms with E-state index in [0.29, 0.717) is 20.8 Å². The minimum atomic E-state index is -0.231. The third kappa shape index (κ3) is 3.59. The van der Waals surface area contributed by atoms with Gasteiger partial charge in [-0.05, 0) is 31.9 Å². The Bertz CT molecular complexity index is 971. The van der Waals surface area contributed by atoms with E-state index in [-0.39, 0.29) is 17.9 Å². The van der Waals surface area contributed by atoms with E-state index in [1.165, 1.54) is 22.7 Å². The smallest absolute Gasteiger partial charge is 0.269 e. The van der Waals surface area contributed by atoms with Gasteiger partial charge in [0.2, 0.25) is 5.91 Å². The van der Waals surface area contributed by atoms with Crippen LogP contribution in [0.15, 0.2) is 24.3 Å². The molecular weight excluding hydrogens is 380 g/mol. The first kappa shape index (κ1) is 18.1.